The number of benzene rings is 2. The summed E-state index contributed by atoms with van der Waals surface area (Å²) in [5.41, 5.74) is 2.02. The number of carboxylic acid groups (broad SMARTS) is 1. The molecule has 0 unspecified atom stereocenters. The van der Waals surface area contributed by atoms with Crippen LogP contribution in [0.15, 0.2) is 65.1 Å². The first-order valence-electron chi connectivity index (χ1n) is 8.84. The van der Waals surface area contributed by atoms with Crippen LogP contribution in [0, 0.1) is 0 Å². The van der Waals surface area contributed by atoms with E-state index < -0.39 is 5.97 Å². The molecule has 6 nitrogen and oxygen atoms in total. The van der Waals surface area contributed by atoms with Crippen molar-refractivity contribution >= 4 is 27.7 Å². The molecule has 0 atom stereocenters. The molecule has 1 heterocycles. The van der Waals surface area contributed by atoms with Crippen molar-refractivity contribution in [1.82, 2.24) is 10.2 Å². The number of anilines is 1. The van der Waals surface area contributed by atoms with E-state index in [1.807, 2.05) is 60.4 Å². The molecule has 3 rings (SSSR count). The van der Waals surface area contributed by atoms with Gasteiger partial charge in [0.2, 0.25) is 0 Å². The van der Waals surface area contributed by atoms with Crippen LogP contribution in [0.1, 0.15) is 28.5 Å². The first-order valence-corrected chi connectivity index (χ1v) is 9.63. The van der Waals surface area contributed by atoms with Gasteiger partial charge in [-0.3, -0.25) is 0 Å². The van der Waals surface area contributed by atoms with Gasteiger partial charge in [-0.25, -0.2) is 4.79 Å². The molecular formula is C21H20BrN3O3. The minimum atomic E-state index is -1.09. The third-order valence-electron chi connectivity index (χ3n) is 4.20. The summed E-state index contributed by atoms with van der Waals surface area (Å²) < 4.78 is 7.01. The number of carbonyl (C=O) groups is 1. The van der Waals surface area contributed by atoms with E-state index in [0.717, 1.165) is 21.3 Å². The highest BCUT2D eigenvalue weighted by atomic mass is 79.9. The molecular weight excluding hydrogens is 422 g/mol. The predicted molar refractivity (Wildman–Crippen MR) is 111 cm³/mol. The molecule has 0 saturated heterocycles. The van der Waals surface area contributed by atoms with E-state index in [9.17, 15) is 4.79 Å². The highest BCUT2D eigenvalue weighted by Crippen LogP contribution is 2.27. The van der Waals surface area contributed by atoms with E-state index in [2.05, 4.69) is 26.1 Å². The minimum absolute atomic E-state index is 0.0749. The summed E-state index contributed by atoms with van der Waals surface area (Å²) in [6, 6.07) is 19.0. The number of halogens is 1. The van der Waals surface area contributed by atoms with Crippen molar-refractivity contribution in [3.05, 3.63) is 82.0 Å². The summed E-state index contributed by atoms with van der Waals surface area (Å²) in [7, 11) is 0. The molecule has 144 valence electrons. The Morgan fingerprint density at radius 1 is 1.11 bits per heavy atom. The monoisotopic (exact) mass is 441 g/mol. The van der Waals surface area contributed by atoms with Gasteiger partial charge in [0.15, 0.2) is 11.5 Å². The molecule has 1 N–H and O–H groups in total. The summed E-state index contributed by atoms with van der Waals surface area (Å²) in [6.07, 6.45) is 0. The molecule has 0 fully saturated rings. The SMILES string of the molecule is CCN(Cc1cc(Br)ccc1OCc1ccccc1)c1ccc(C(=O)O)nn1. The standard InChI is InChI=1S/C21H20BrN3O3/c1-2-25(20-11-9-18(21(26)27)23-24-20)13-16-12-17(22)8-10-19(16)28-14-15-6-4-3-5-7-15/h3-12H,2,13-14H2,1H3,(H,26,27). The van der Waals surface area contributed by atoms with Crippen LogP contribution in [0.4, 0.5) is 5.82 Å². The van der Waals surface area contributed by atoms with Crippen molar-refractivity contribution in [2.24, 2.45) is 0 Å². The fourth-order valence-corrected chi connectivity index (χ4v) is 3.12. The number of nitrogens with zero attached hydrogens (tertiary/aromatic N) is 3. The maximum absolute atomic E-state index is 11.0. The molecule has 0 bridgehead atoms. The molecule has 0 aliphatic heterocycles. The van der Waals surface area contributed by atoms with Crippen LogP contribution in [0.2, 0.25) is 0 Å². The van der Waals surface area contributed by atoms with Crippen LogP contribution in [0.5, 0.6) is 5.75 Å². The number of aromatic nitrogens is 2. The molecule has 0 radical (unpaired) electrons. The van der Waals surface area contributed by atoms with Crippen LogP contribution < -0.4 is 9.64 Å². The number of ether oxygens (including phenoxy) is 1. The van der Waals surface area contributed by atoms with E-state index in [-0.39, 0.29) is 5.69 Å². The van der Waals surface area contributed by atoms with Crippen LogP contribution in [0.3, 0.4) is 0 Å². The van der Waals surface area contributed by atoms with Crippen molar-refractivity contribution in [3.8, 4) is 5.75 Å². The third-order valence-corrected chi connectivity index (χ3v) is 4.69. The molecule has 0 aliphatic carbocycles. The highest BCUT2D eigenvalue weighted by molar-refractivity contribution is 9.10. The Labute approximate surface area is 171 Å². The quantitative estimate of drug-likeness (QED) is 0.552. The normalized spacial score (nSPS) is 10.5. The zero-order valence-corrected chi connectivity index (χ0v) is 17.0. The van der Waals surface area contributed by atoms with E-state index in [1.165, 1.54) is 6.07 Å². The summed E-state index contributed by atoms with van der Waals surface area (Å²) in [5.74, 6) is 0.313. The zero-order chi connectivity index (χ0) is 19.9. The Morgan fingerprint density at radius 2 is 1.89 bits per heavy atom. The highest BCUT2D eigenvalue weighted by Gasteiger charge is 2.14. The van der Waals surface area contributed by atoms with Gasteiger partial charge in [0.25, 0.3) is 0 Å². The first-order chi connectivity index (χ1) is 13.6. The van der Waals surface area contributed by atoms with E-state index >= 15 is 0 Å². The molecule has 0 saturated carbocycles. The largest absolute Gasteiger partial charge is 0.489 e. The van der Waals surface area contributed by atoms with Crippen LogP contribution in [0.25, 0.3) is 0 Å². The summed E-state index contributed by atoms with van der Waals surface area (Å²) in [5, 5.41) is 16.8. The molecule has 1 aromatic heterocycles. The molecule has 3 aromatic rings. The maximum Gasteiger partial charge on any atom is 0.356 e. The minimum Gasteiger partial charge on any atom is -0.489 e. The second-order valence-electron chi connectivity index (χ2n) is 6.12. The summed E-state index contributed by atoms with van der Waals surface area (Å²) in [4.78, 5) is 13.0. The van der Waals surface area contributed by atoms with Gasteiger partial charge in [0.1, 0.15) is 12.4 Å². The molecule has 0 aliphatic rings. The lowest BCUT2D eigenvalue weighted by Crippen LogP contribution is -2.24. The second kappa shape index (κ2) is 9.32. The van der Waals surface area contributed by atoms with Gasteiger partial charge in [-0.15, -0.1) is 10.2 Å². The number of aromatic carboxylic acids is 1. The van der Waals surface area contributed by atoms with Crippen LogP contribution >= 0.6 is 15.9 Å². The molecule has 0 amide bonds. The lowest BCUT2D eigenvalue weighted by Gasteiger charge is -2.23. The molecule has 0 spiro atoms. The van der Waals surface area contributed by atoms with Crippen molar-refractivity contribution in [2.45, 2.75) is 20.1 Å². The lowest BCUT2D eigenvalue weighted by atomic mass is 10.1. The topological polar surface area (TPSA) is 75.5 Å². The van der Waals surface area contributed by atoms with Gasteiger partial charge in [0.05, 0.1) is 0 Å². The fraction of sp³-hybridized carbons (Fsp3) is 0.190. The Morgan fingerprint density at radius 3 is 2.54 bits per heavy atom. The number of hydrogen-bond acceptors (Lipinski definition) is 5. The molecule has 2 aromatic carbocycles. The van der Waals surface area contributed by atoms with Crippen molar-refractivity contribution < 1.29 is 14.6 Å². The van der Waals surface area contributed by atoms with Crippen molar-refractivity contribution in [3.63, 3.8) is 0 Å². The fourth-order valence-electron chi connectivity index (χ4n) is 2.72. The first kappa shape index (κ1) is 19.8. The van der Waals surface area contributed by atoms with Gasteiger partial charge in [0, 0.05) is 23.1 Å². The molecule has 7 heteroatoms. The lowest BCUT2D eigenvalue weighted by molar-refractivity contribution is 0.0689. The Hall–Kier alpha value is -2.93. The van der Waals surface area contributed by atoms with Crippen LogP contribution in [-0.2, 0) is 13.2 Å². The van der Waals surface area contributed by atoms with Crippen molar-refractivity contribution in [2.75, 3.05) is 11.4 Å². The van der Waals surface area contributed by atoms with E-state index in [4.69, 9.17) is 9.84 Å². The zero-order valence-electron chi connectivity index (χ0n) is 15.4. The van der Waals surface area contributed by atoms with Gasteiger partial charge < -0.3 is 14.7 Å². The van der Waals surface area contributed by atoms with E-state index in [0.29, 0.717) is 25.5 Å². The third kappa shape index (κ3) is 5.07. The smallest absolute Gasteiger partial charge is 0.356 e. The van der Waals surface area contributed by atoms with E-state index in [1.54, 1.807) is 6.07 Å². The Kier molecular flexibility index (Phi) is 6.60. The Balaban J connectivity index is 1.79. The van der Waals surface area contributed by atoms with Gasteiger partial charge >= 0.3 is 5.97 Å². The Bertz CT molecular complexity index is 933. The maximum atomic E-state index is 11.0. The average Bonchev–Trinajstić information content (AvgIpc) is 2.72. The number of hydrogen-bond donors (Lipinski definition) is 1. The predicted octanol–water partition coefficient (Wildman–Crippen LogP) is 4.54. The van der Waals surface area contributed by atoms with Gasteiger partial charge in [-0.2, -0.15) is 0 Å². The van der Waals surface area contributed by atoms with Gasteiger partial charge in [-0.1, -0.05) is 46.3 Å². The van der Waals surface area contributed by atoms with Gasteiger partial charge in [-0.05, 0) is 42.8 Å². The molecule has 28 heavy (non-hydrogen) atoms. The number of carboxylic acids is 1. The average molecular weight is 442 g/mol. The second-order valence-corrected chi connectivity index (χ2v) is 7.04. The van der Waals surface area contributed by atoms with Crippen molar-refractivity contribution in [1.29, 1.82) is 0 Å². The summed E-state index contributed by atoms with van der Waals surface area (Å²) in [6.45, 7) is 3.73. The van der Waals surface area contributed by atoms with Crippen LogP contribution in [-0.4, -0.2) is 27.8 Å². The number of rotatable bonds is 8. The summed E-state index contributed by atoms with van der Waals surface area (Å²) >= 11 is 3.52.